The van der Waals surface area contributed by atoms with Crippen molar-refractivity contribution in [3.63, 3.8) is 0 Å². The molecule has 0 aliphatic carbocycles. The van der Waals surface area contributed by atoms with Crippen LogP contribution in [0.4, 0.5) is 0 Å². The highest BCUT2D eigenvalue weighted by atomic mass is 35.5. The van der Waals surface area contributed by atoms with E-state index < -0.39 is 0 Å². The first kappa shape index (κ1) is 21.7. The maximum absolute atomic E-state index is 12.5. The Hall–Kier alpha value is -2.02. The van der Waals surface area contributed by atoms with Crippen molar-refractivity contribution in [3.05, 3.63) is 45.2 Å². The molecule has 1 unspecified atom stereocenters. The fraction of sp³-hybridized carbons (Fsp3) is 0.500. The molecule has 1 N–H and O–H groups in total. The van der Waals surface area contributed by atoms with Gasteiger partial charge in [-0.1, -0.05) is 32.4 Å². The van der Waals surface area contributed by atoms with Crippen LogP contribution in [0, 0.1) is 5.41 Å². The topological polar surface area (TPSA) is 69.9 Å². The molecule has 0 saturated heterocycles. The summed E-state index contributed by atoms with van der Waals surface area (Å²) >= 11 is 6.48. The molecule has 0 fully saturated rings. The fourth-order valence-corrected chi connectivity index (χ4v) is 3.67. The molecule has 1 atom stereocenters. The summed E-state index contributed by atoms with van der Waals surface area (Å²) in [5.74, 6) is 1.16. The van der Waals surface area contributed by atoms with Crippen molar-refractivity contribution in [2.24, 2.45) is 5.41 Å². The largest absolute Gasteiger partial charge is 0.492 e. The van der Waals surface area contributed by atoms with Crippen molar-refractivity contribution in [1.82, 2.24) is 4.57 Å². The zero-order valence-electron chi connectivity index (χ0n) is 17.3. The third-order valence-electron chi connectivity index (χ3n) is 5.12. The Morgan fingerprint density at radius 3 is 2.69 bits per heavy atom. The number of fused-ring (bicyclic) bond motifs is 3. The summed E-state index contributed by atoms with van der Waals surface area (Å²) in [6.07, 6.45) is 2.48. The molecule has 7 heteroatoms. The molecule has 158 valence electrons. The minimum atomic E-state index is -0.307. The molecule has 3 rings (SSSR count). The number of hydrogen-bond donors (Lipinski definition) is 1. The van der Waals surface area contributed by atoms with E-state index >= 15 is 0 Å². The fourth-order valence-electron chi connectivity index (χ4n) is 3.45. The van der Waals surface area contributed by atoms with E-state index in [2.05, 4.69) is 20.8 Å². The number of halogens is 1. The van der Waals surface area contributed by atoms with Gasteiger partial charge >= 0.3 is 0 Å². The standard InChI is InChI=1S/C22H28ClNO5/c1-22(2,3)21-13-29-19-10-20(28-7-5-6-27-4)16(23)8-15(19)17-9-18(26)14(12-25)11-24(17)21/h8-11,21,25H,5-7,12-13H2,1-4H3. The van der Waals surface area contributed by atoms with Crippen molar-refractivity contribution in [3.8, 4) is 22.8 Å². The Morgan fingerprint density at radius 1 is 1.28 bits per heavy atom. The van der Waals surface area contributed by atoms with Gasteiger partial charge in [-0.05, 0) is 11.5 Å². The van der Waals surface area contributed by atoms with Gasteiger partial charge in [0.15, 0.2) is 5.43 Å². The maximum atomic E-state index is 12.5. The molecule has 2 heterocycles. The molecule has 6 nitrogen and oxygen atoms in total. The third-order valence-corrected chi connectivity index (χ3v) is 5.42. The Morgan fingerprint density at radius 2 is 2.03 bits per heavy atom. The van der Waals surface area contributed by atoms with Gasteiger partial charge in [0.05, 0.1) is 30.0 Å². The van der Waals surface area contributed by atoms with E-state index in [-0.39, 0.29) is 23.5 Å². The lowest BCUT2D eigenvalue weighted by molar-refractivity contribution is 0.156. The third kappa shape index (κ3) is 4.60. The lowest BCUT2D eigenvalue weighted by atomic mass is 9.86. The first-order chi connectivity index (χ1) is 13.8. The lowest BCUT2D eigenvalue weighted by Gasteiger charge is -2.33. The lowest BCUT2D eigenvalue weighted by Crippen LogP contribution is -2.30. The Labute approximate surface area is 176 Å². The number of methoxy groups -OCH3 is 1. The molecule has 0 amide bonds. The highest BCUT2D eigenvalue weighted by Crippen LogP contribution is 2.44. The molecule has 0 radical (unpaired) electrons. The molecule has 29 heavy (non-hydrogen) atoms. The first-order valence-electron chi connectivity index (χ1n) is 9.70. The molecule has 1 aliphatic heterocycles. The summed E-state index contributed by atoms with van der Waals surface area (Å²) in [4.78, 5) is 12.5. The van der Waals surface area contributed by atoms with Gasteiger partial charge < -0.3 is 23.9 Å². The van der Waals surface area contributed by atoms with E-state index in [1.54, 1.807) is 31.5 Å². The molecule has 2 aromatic rings. The second kappa shape index (κ2) is 8.78. The van der Waals surface area contributed by atoms with E-state index in [4.69, 9.17) is 25.8 Å². The Kier molecular flexibility index (Phi) is 6.56. The molecule has 1 aromatic carbocycles. The van der Waals surface area contributed by atoms with Gasteiger partial charge in [-0.15, -0.1) is 0 Å². The quantitative estimate of drug-likeness (QED) is 0.712. The van der Waals surface area contributed by atoms with Crippen LogP contribution in [0.25, 0.3) is 11.3 Å². The Bertz CT molecular complexity index is 932. The summed E-state index contributed by atoms with van der Waals surface area (Å²) in [7, 11) is 1.65. The van der Waals surface area contributed by atoms with Gasteiger partial charge in [0.1, 0.15) is 18.1 Å². The van der Waals surface area contributed by atoms with E-state index in [9.17, 15) is 9.90 Å². The summed E-state index contributed by atoms with van der Waals surface area (Å²) < 4.78 is 19.0. The summed E-state index contributed by atoms with van der Waals surface area (Å²) in [5.41, 5.74) is 1.45. The number of aromatic nitrogens is 1. The maximum Gasteiger partial charge on any atom is 0.187 e. The summed E-state index contributed by atoms with van der Waals surface area (Å²) in [5, 5.41) is 10.0. The van der Waals surface area contributed by atoms with Crippen LogP contribution in [0.5, 0.6) is 11.5 Å². The minimum absolute atomic E-state index is 0.0411. The number of aliphatic hydroxyl groups excluding tert-OH is 1. The van der Waals surface area contributed by atoms with Crippen LogP contribution in [0.3, 0.4) is 0 Å². The van der Waals surface area contributed by atoms with Gasteiger partial charge in [-0.2, -0.15) is 0 Å². The highest BCUT2D eigenvalue weighted by molar-refractivity contribution is 6.32. The average Bonchev–Trinajstić information content (AvgIpc) is 2.81. The number of hydrogen-bond acceptors (Lipinski definition) is 5. The van der Waals surface area contributed by atoms with Crippen molar-refractivity contribution in [1.29, 1.82) is 0 Å². The van der Waals surface area contributed by atoms with Gasteiger partial charge in [0.25, 0.3) is 0 Å². The van der Waals surface area contributed by atoms with E-state index in [0.29, 0.717) is 47.6 Å². The van der Waals surface area contributed by atoms with Gasteiger partial charge in [0, 0.05) is 49.6 Å². The second-order valence-corrected chi connectivity index (χ2v) is 8.69. The van der Waals surface area contributed by atoms with Crippen LogP contribution in [-0.4, -0.2) is 36.6 Å². The predicted octanol–water partition coefficient (Wildman–Crippen LogP) is 4.06. The minimum Gasteiger partial charge on any atom is -0.492 e. The van der Waals surface area contributed by atoms with E-state index in [1.165, 1.54) is 0 Å². The second-order valence-electron chi connectivity index (χ2n) is 8.28. The van der Waals surface area contributed by atoms with Gasteiger partial charge in [-0.25, -0.2) is 0 Å². The SMILES string of the molecule is COCCCOc1cc2c(cc1Cl)-c1cc(=O)c(CO)cn1C(C(C)(C)C)CO2. The van der Waals surface area contributed by atoms with Crippen LogP contribution in [-0.2, 0) is 11.3 Å². The normalized spacial score (nSPS) is 15.9. The molecule has 1 aromatic heterocycles. The first-order valence-corrected chi connectivity index (χ1v) is 10.1. The number of nitrogens with zero attached hydrogens (tertiary/aromatic N) is 1. The summed E-state index contributed by atoms with van der Waals surface area (Å²) in [6.45, 7) is 7.56. The van der Waals surface area contributed by atoms with Crippen LogP contribution < -0.4 is 14.9 Å². The molecular weight excluding hydrogens is 394 g/mol. The summed E-state index contributed by atoms with van der Waals surface area (Å²) in [6, 6.07) is 5.07. The predicted molar refractivity (Wildman–Crippen MR) is 113 cm³/mol. The van der Waals surface area contributed by atoms with Gasteiger partial charge in [-0.3, -0.25) is 4.79 Å². The van der Waals surface area contributed by atoms with Crippen LogP contribution >= 0.6 is 11.6 Å². The van der Waals surface area contributed by atoms with E-state index in [1.807, 2.05) is 4.57 Å². The molecule has 0 saturated carbocycles. The number of pyridine rings is 1. The number of aliphatic hydroxyl groups is 1. The van der Waals surface area contributed by atoms with Crippen molar-refractivity contribution in [2.45, 2.75) is 39.8 Å². The van der Waals surface area contributed by atoms with Crippen molar-refractivity contribution < 1.29 is 19.3 Å². The van der Waals surface area contributed by atoms with Gasteiger partial charge in [0.2, 0.25) is 0 Å². The number of ether oxygens (including phenoxy) is 3. The molecule has 0 bridgehead atoms. The Balaban J connectivity index is 2.09. The molecule has 0 spiro atoms. The van der Waals surface area contributed by atoms with Crippen LogP contribution in [0.15, 0.2) is 29.2 Å². The zero-order valence-corrected chi connectivity index (χ0v) is 18.1. The smallest absolute Gasteiger partial charge is 0.187 e. The number of rotatable bonds is 6. The number of benzene rings is 1. The van der Waals surface area contributed by atoms with Crippen molar-refractivity contribution in [2.75, 3.05) is 26.9 Å². The monoisotopic (exact) mass is 421 g/mol. The average molecular weight is 422 g/mol. The highest BCUT2D eigenvalue weighted by Gasteiger charge is 2.32. The van der Waals surface area contributed by atoms with Crippen LogP contribution in [0.1, 0.15) is 38.8 Å². The molecule has 1 aliphatic rings. The molecular formula is C22H28ClNO5. The van der Waals surface area contributed by atoms with Crippen molar-refractivity contribution >= 4 is 11.6 Å². The van der Waals surface area contributed by atoms with Crippen LogP contribution in [0.2, 0.25) is 5.02 Å². The van der Waals surface area contributed by atoms with E-state index in [0.717, 1.165) is 12.0 Å². The zero-order chi connectivity index (χ0) is 21.2.